The van der Waals surface area contributed by atoms with Crippen molar-refractivity contribution in [3.63, 3.8) is 0 Å². The fourth-order valence-electron chi connectivity index (χ4n) is 0.861. The predicted octanol–water partition coefficient (Wildman–Crippen LogP) is 3.27. The number of nitrogens with zero attached hydrogens (tertiary/aromatic N) is 1. The van der Waals surface area contributed by atoms with E-state index in [9.17, 15) is 0 Å². The molecule has 0 saturated heterocycles. The first-order valence-corrected chi connectivity index (χ1v) is 5.47. The first-order valence-electron chi connectivity index (χ1n) is 4.08. The van der Waals surface area contributed by atoms with Gasteiger partial charge in [-0.25, -0.2) is 4.99 Å². The van der Waals surface area contributed by atoms with Gasteiger partial charge in [0.2, 0.25) is 0 Å². The van der Waals surface area contributed by atoms with Gasteiger partial charge in [0.05, 0.1) is 11.2 Å². The molecule has 0 N–H and O–H groups in total. The maximum atomic E-state index is 4.53. The van der Waals surface area contributed by atoms with Gasteiger partial charge < -0.3 is 0 Å². The van der Waals surface area contributed by atoms with E-state index in [4.69, 9.17) is 0 Å². The molecule has 0 aliphatic rings. The summed E-state index contributed by atoms with van der Waals surface area (Å²) in [6.07, 6.45) is 0. The molecule has 0 radical (unpaired) electrons. The minimum Gasteiger partial charge on any atom is -0.229 e. The second-order valence-electron chi connectivity index (χ2n) is 2.69. The van der Waals surface area contributed by atoms with Crippen molar-refractivity contribution in [2.75, 3.05) is 5.75 Å². The molecule has 0 aromatic heterocycles. The van der Waals surface area contributed by atoms with Gasteiger partial charge in [-0.1, -0.05) is 18.2 Å². The van der Waals surface area contributed by atoms with Crippen LogP contribution < -0.4 is 0 Å². The molecule has 0 amide bonds. The molecule has 0 aliphatic heterocycles. The standard InChI is InChI=1S/C10H11NS2/c1-9(11-8-12)7-13-10-5-3-2-4-6-10/h2-6,9H,7H2,1H3. The van der Waals surface area contributed by atoms with Gasteiger partial charge in [0, 0.05) is 10.6 Å². The zero-order chi connectivity index (χ0) is 9.52. The Morgan fingerprint density at radius 2 is 2.15 bits per heavy atom. The van der Waals surface area contributed by atoms with E-state index < -0.39 is 0 Å². The third kappa shape index (κ3) is 4.23. The summed E-state index contributed by atoms with van der Waals surface area (Å²) in [5.74, 6) is 0.952. The lowest BCUT2D eigenvalue weighted by Crippen LogP contribution is -1.99. The van der Waals surface area contributed by atoms with Gasteiger partial charge >= 0.3 is 0 Å². The Hall–Kier alpha value is -0.630. The molecule has 1 unspecified atom stereocenters. The Balaban J connectivity index is 2.39. The number of benzene rings is 1. The Morgan fingerprint density at radius 3 is 2.77 bits per heavy atom. The van der Waals surface area contributed by atoms with Crippen molar-refractivity contribution in [1.29, 1.82) is 0 Å². The van der Waals surface area contributed by atoms with Crippen LogP contribution in [-0.4, -0.2) is 17.0 Å². The van der Waals surface area contributed by atoms with E-state index in [-0.39, 0.29) is 6.04 Å². The summed E-state index contributed by atoms with van der Waals surface area (Å²) in [4.78, 5) is 5.26. The van der Waals surface area contributed by atoms with Crippen molar-refractivity contribution in [3.8, 4) is 0 Å². The molecule has 1 aromatic carbocycles. The molecule has 1 nitrogen and oxygen atoms in total. The lowest BCUT2D eigenvalue weighted by atomic mass is 10.4. The van der Waals surface area contributed by atoms with Crippen molar-refractivity contribution in [3.05, 3.63) is 30.3 Å². The Morgan fingerprint density at radius 1 is 1.46 bits per heavy atom. The highest BCUT2D eigenvalue weighted by atomic mass is 32.2. The zero-order valence-electron chi connectivity index (χ0n) is 7.43. The number of hydrogen-bond donors (Lipinski definition) is 0. The van der Waals surface area contributed by atoms with E-state index in [1.54, 1.807) is 11.8 Å². The van der Waals surface area contributed by atoms with Crippen molar-refractivity contribution in [2.24, 2.45) is 4.99 Å². The number of hydrogen-bond acceptors (Lipinski definition) is 3. The van der Waals surface area contributed by atoms with E-state index in [1.807, 2.05) is 25.1 Å². The second-order valence-corrected chi connectivity index (χ2v) is 3.97. The summed E-state index contributed by atoms with van der Waals surface area (Å²) < 4.78 is 0. The lowest BCUT2D eigenvalue weighted by molar-refractivity contribution is 0.857. The van der Waals surface area contributed by atoms with Crippen molar-refractivity contribution < 1.29 is 0 Å². The SMILES string of the molecule is CC(CSc1ccccc1)N=C=S. The smallest absolute Gasteiger partial charge is 0.0668 e. The molecule has 0 spiro atoms. The number of thioether (sulfide) groups is 1. The molecule has 0 aliphatic carbocycles. The van der Waals surface area contributed by atoms with Gasteiger partial charge in [-0.05, 0) is 31.3 Å². The van der Waals surface area contributed by atoms with Gasteiger partial charge in [0.15, 0.2) is 0 Å². The van der Waals surface area contributed by atoms with Crippen LogP contribution in [0.4, 0.5) is 0 Å². The van der Waals surface area contributed by atoms with E-state index >= 15 is 0 Å². The van der Waals surface area contributed by atoms with Gasteiger partial charge in [0.1, 0.15) is 0 Å². The fraction of sp³-hybridized carbons (Fsp3) is 0.300. The molecule has 1 rings (SSSR count). The average molecular weight is 209 g/mol. The molecule has 3 heteroatoms. The van der Waals surface area contributed by atoms with Crippen LogP contribution in [-0.2, 0) is 0 Å². The molecule has 1 aromatic rings. The molecular formula is C10H11NS2. The first-order chi connectivity index (χ1) is 6.33. The molecule has 0 bridgehead atoms. The highest BCUT2D eigenvalue weighted by molar-refractivity contribution is 7.99. The molecule has 0 heterocycles. The average Bonchev–Trinajstić information content (AvgIpc) is 2.17. The molecule has 68 valence electrons. The van der Waals surface area contributed by atoms with Crippen LogP contribution in [0, 0.1) is 0 Å². The van der Waals surface area contributed by atoms with Gasteiger partial charge in [-0.2, -0.15) is 0 Å². The Labute approximate surface area is 88.3 Å². The lowest BCUT2D eigenvalue weighted by Gasteiger charge is -2.03. The molecule has 1 atom stereocenters. The minimum absolute atomic E-state index is 0.253. The topological polar surface area (TPSA) is 12.4 Å². The maximum Gasteiger partial charge on any atom is 0.0668 e. The largest absolute Gasteiger partial charge is 0.229 e. The van der Waals surface area contributed by atoms with E-state index in [2.05, 4.69) is 34.5 Å². The summed E-state index contributed by atoms with van der Waals surface area (Å²) in [6.45, 7) is 2.04. The van der Waals surface area contributed by atoms with Gasteiger partial charge in [-0.3, -0.25) is 0 Å². The highest BCUT2D eigenvalue weighted by Crippen LogP contribution is 2.18. The normalized spacial score (nSPS) is 11.8. The summed E-state index contributed by atoms with van der Waals surface area (Å²) in [5, 5.41) is 2.40. The summed E-state index contributed by atoms with van der Waals surface area (Å²) in [6, 6.07) is 10.5. The monoisotopic (exact) mass is 209 g/mol. The van der Waals surface area contributed by atoms with Crippen LogP contribution in [0.1, 0.15) is 6.92 Å². The highest BCUT2D eigenvalue weighted by Gasteiger charge is 1.98. The van der Waals surface area contributed by atoms with Crippen LogP contribution in [0.15, 0.2) is 40.2 Å². The number of thiocarbonyl (C=S) groups is 1. The third-order valence-corrected chi connectivity index (χ3v) is 2.87. The summed E-state index contributed by atoms with van der Waals surface area (Å²) in [5.41, 5.74) is 0. The molecule has 0 saturated carbocycles. The molecule has 13 heavy (non-hydrogen) atoms. The minimum atomic E-state index is 0.253. The number of rotatable bonds is 4. The van der Waals surface area contributed by atoms with Crippen molar-refractivity contribution in [1.82, 2.24) is 0 Å². The zero-order valence-corrected chi connectivity index (χ0v) is 9.07. The Kier molecular flexibility index (Phi) is 4.76. The van der Waals surface area contributed by atoms with Crippen LogP contribution in [0.2, 0.25) is 0 Å². The van der Waals surface area contributed by atoms with Gasteiger partial charge in [-0.15, -0.1) is 11.8 Å². The van der Waals surface area contributed by atoms with Crippen molar-refractivity contribution >= 4 is 29.1 Å². The van der Waals surface area contributed by atoms with Crippen LogP contribution in [0.25, 0.3) is 0 Å². The van der Waals surface area contributed by atoms with E-state index in [1.165, 1.54) is 4.90 Å². The molecule has 0 fully saturated rings. The molecular weight excluding hydrogens is 198 g/mol. The van der Waals surface area contributed by atoms with E-state index in [0.29, 0.717) is 0 Å². The van der Waals surface area contributed by atoms with Crippen LogP contribution >= 0.6 is 24.0 Å². The summed E-state index contributed by atoms with van der Waals surface area (Å²) in [7, 11) is 0. The predicted molar refractivity (Wildman–Crippen MR) is 61.7 cm³/mol. The van der Waals surface area contributed by atoms with Gasteiger partial charge in [0.25, 0.3) is 0 Å². The number of aliphatic imine (C=N–C) groups is 1. The first kappa shape index (κ1) is 10.5. The van der Waals surface area contributed by atoms with Crippen molar-refractivity contribution in [2.45, 2.75) is 17.9 Å². The Bertz CT molecular complexity index is 291. The second kappa shape index (κ2) is 5.92. The van der Waals surface area contributed by atoms with Crippen LogP contribution in [0.5, 0.6) is 0 Å². The third-order valence-electron chi connectivity index (χ3n) is 1.51. The van der Waals surface area contributed by atoms with E-state index in [0.717, 1.165) is 5.75 Å². The summed E-state index contributed by atoms with van der Waals surface area (Å²) >= 11 is 6.32. The fourth-order valence-corrected chi connectivity index (χ4v) is 1.90. The van der Waals surface area contributed by atoms with Crippen LogP contribution in [0.3, 0.4) is 0 Å². The number of isothiocyanates is 1. The maximum absolute atomic E-state index is 4.53. The quantitative estimate of drug-likeness (QED) is 0.428.